The van der Waals surface area contributed by atoms with Crippen LogP contribution < -0.4 is 5.32 Å². The Morgan fingerprint density at radius 2 is 1.93 bits per heavy atom. The molecule has 0 bridgehead atoms. The summed E-state index contributed by atoms with van der Waals surface area (Å²) in [5, 5.41) is 21.4. The van der Waals surface area contributed by atoms with E-state index in [1.807, 2.05) is 0 Å². The molecule has 1 atom stereocenters. The third kappa shape index (κ3) is 4.94. The van der Waals surface area contributed by atoms with Crippen molar-refractivity contribution >= 4 is 11.9 Å². The van der Waals surface area contributed by atoms with Gasteiger partial charge in [-0.25, -0.2) is 9.78 Å². The average Bonchev–Trinajstić information content (AvgIpc) is 2.74. The Labute approximate surface area is 164 Å². The first-order valence-corrected chi connectivity index (χ1v) is 9.51. The van der Waals surface area contributed by atoms with Crippen molar-refractivity contribution in [2.24, 2.45) is 0 Å². The number of pyridine rings is 1. The van der Waals surface area contributed by atoms with Gasteiger partial charge in [-0.1, -0.05) is 18.6 Å². The summed E-state index contributed by atoms with van der Waals surface area (Å²) in [7, 11) is 0. The molecule has 2 heterocycles. The summed E-state index contributed by atoms with van der Waals surface area (Å²) in [6, 6.07) is 10.5. The van der Waals surface area contributed by atoms with Crippen molar-refractivity contribution in [1.29, 1.82) is 0 Å². The Balaban J connectivity index is 1.56. The molecule has 28 heavy (non-hydrogen) atoms. The fraction of sp³-hybridized carbons (Fsp3) is 0.381. The van der Waals surface area contributed by atoms with Crippen molar-refractivity contribution in [1.82, 2.24) is 15.2 Å². The first-order chi connectivity index (χ1) is 13.6. The van der Waals surface area contributed by atoms with Crippen LogP contribution in [-0.2, 0) is 0 Å². The Bertz CT molecular complexity index is 823. The number of rotatable bonds is 7. The predicted molar refractivity (Wildman–Crippen MR) is 105 cm³/mol. The number of nitrogens with one attached hydrogen (secondary N) is 1. The molecule has 3 N–H and O–H groups in total. The lowest BCUT2D eigenvalue weighted by Gasteiger charge is -2.34. The van der Waals surface area contributed by atoms with Gasteiger partial charge in [0.1, 0.15) is 5.69 Å². The maximum Gasteiger partial charge on any atom is 0.354 e. The van der Waals surface area contributed by atoms with Crippen molar-refractivity contribution in [3.63, 3.8) is 0 Å². The molecule has 1 aromatic carbocycles. The van der Waals surface area contributed by atoms with Crippen LogP contribution in [0.3, 0.4) is 0 Å². The summed E-state index contributed by atoms with van der Waals surface area (Å²) in [6.45, 7) is 2.38. The highest BCUT2D eigenvalue weighted by atomic mass is 16.4. The summed E-state index contributed by atoms with van der Waals surface area (Å²) in [6.07, 6.45) is 4.74. The Hall–Kier alpha value is -2.77. The Kier molecular flexibility index (Phi) is 6.73. The highest BCUT2D eigenvalue weighted by molar-refractivity contribution is 5.94. The molecule has 148 valence electrons. The molecule has 1 aliphatic rings. The van der Waals surface area contributed by atoms with Crippen molar-refractivity contribution in [2.45, 2.75) is 25.3 Å². The van der Waals surface area contributed by atoms with Gasteiger partial charge in [0.2, 0.25) is 0 Å². The first kappa shape index (κ1) is 20.0. The quantitative estimate of drug-likeness (QED) is 0.676. The molecule has 1 aliphatic heterocycles. The summed E-state index contributed by atoms with van der Waals surface area (Å²) >= 11 is 0. The summed E-state index contributed by atoms with van der Waals surface area (Å²) < 4.78 is 0. The minimum Gasteiger partial charge on any atom is -0.477 e. The number of carbonyl (C=O) groups excluding carboxylic acids is 1. The molecule has 2 aromatic rings. The van der Waals surface area contributed by atoms with E-state index in [4.69, 9.17) is 5.11 Å². The SMILES string of the molecule is O=C(NCCN1CCCCC1CO)c1ccc(-c2ccnc(C(=O)O)c2)cc1. The monoisotopic (exact) mass is 383 g/mol. The Morgan fingerprint density at radius 3 is 2.64 bits per heavy atom. The second-order valence-electron chi connectivity index (χ2n) is 6.94. The van der Waals surface area contributed by atoms with E-state index in [0.29, 0.717) is 12.1 Å². The Morgan fingerprint density at radius 1 is 1.14 bits per heavy atom. The third-order valence-corrected chi connectivity index (χ3v) is 5.10. The number of hydrogen-bond acceptors (Lipinski definition) is 5. The van der Waals surface area contributed by atoms with E-state index in [2.05, 4.69) is 15.2 Å². The molecule has 3 rings (SSSR count). The second-order valence-corrected chi connectivity index (χ2v) is 6.94. The zero-order valence-corrected chi connectivity index (χ0v) is 15.7. The maximum atomic E-state index is 12.4. The number of benzene rings is 1. The number of aliphatic hydroxyl groups excluding tert-OH is 1. The van der Waals surface area contributed by atoms with E-state index in [-0.39, 0.29) is 24.2 Å². The minimum atomic E-state index is -1.07. The van der Waals surface area contributed by atoms with Crippen LogP contribution in [0.2, 0.25) is 0 Å². The maximum absolute atomic E-state index is 12.4. The van der Waals surface area contributed by atoms with E-state index in [9.17, 15) is 14.7 Å². The highest BCUT2D eigenvalue weighted by Crippen LogP contribution is 2.20. The second kappa shape index (κ2) is 9.43. The van der Waals surface area contributed by atoms with Gasteiger partial charge < -0.3 is 15.5 Å². The van der Waals surface area contributed by atoms with Crippen LogP contribution in [-0.4, -0.2) is 64.3 Å². The van der Waals surface area contributed by atoms with Crippen molar-refractivity contribution in [3.8, 4) is 11.1 Å². The number of piperidine rings is 1. The fourth-order valence-electron chi connectivity index (χ4n) is 3.52. The molecule has 1 saturated heterocycles. The van der Waals surface area contributed by atoms with Crippen molar-refractivity contribution < 1.29 is 19.8 Å². The zero-order valence-electron chi connectivity index (χ0n) is 15.7. The molecule has 0 saturated carbocycles. The molecule has 0 radical (unpaired) electrons. The van der Waals surface area contributed by atoms with Crippen molar-refractivity contribution in [3.05, 3.63) is 53.9 Å². The van der Waals surface area contributed by atoms with E-state index in [1.54, 1.807) is 30.3 Å². The molecular weight excluding hydrogens is 358 g/mol. The number of carbonyl (C=O) groups is 2. The number of aromatic carboxylic acids is 1. The molecule has 1 fully saturated rings. The highest BCUT2D eigenvalue weighted by Gasteiger charge is 2.21. The molecule has 7 nitrogen and oxygen atoms in total. The number of amides is 1. The number of carboxylic acids is 1. The fourth-order valence-corrected chi connectivity index (χ4v) is 3.52. The molecule has 0 aliphatic carbocycles. The van der Waals surface area contributed by atoms with Gasteiger partial charge in [-0.05, 0) is 54.8 Å². The topological polar surface area (TPSA) is 103 Å². The van der Waals surface area contributed by atoms with Crippen LogP contribution in [0.25, 0.3) is 11.1 Å². The molecule has 1 unspecified atom stereocenters. The third-order valence-electron chi connectivity index (χ3n) is 5.10. The number of nitrogens with zero attached hydrogens (tertiary/aromatic N) is 2. The first-order valence-electron chi connectivity index (χ1n) is 9.51. The lowest BCUT2D eigenvalue weighted by molar-refractivity contribution is 0.0690. The number of carboxylic acid groups (broad SMARTS) is 1. The normalized spacial score (nSPS) is 17.2. The predicted octanol–water partition coefficient (Wildman–Crippen LogP) is 2.02. The largest absolute Gasteiger partial charge is 0.477 e. The zero-order chi connectivity index (χ0) is 19.9. The van der Waals surface area contributed by atoms with E-state index in [0.717, 1.165) is 43.5 Å². The van der Waals surface area contributed by atoms with Gasteiger partial charge in [0.25, 0.3) is 5.91 Å². The van der Waals surface area contributed by atoms with E-state index in [1.165, 1.54) is 12.3 Å². The van der Waals surface area contributed by atoms with E-state index >= 15 is 0 Å². The minimum absolute atomic E-state index is 0.0155. The van der Waals surface area contributed by atoms with Crippen LogP contribution >= 0.6 is 0 Å². The molecule has 7 heteroatoms. The smallest absolute Gasteiger partial charge is 0.354 e. The van der Waals surface area contributed by atoms with Crippen LogP contribution in [0.1, 0.15) is 40.1 Å². The lowest BCUT2D eigenvalue weighted by Crippen LogP contribution is -2.45. The number of aliphatic hydroxyl groups is 1. The number of hydrogen-bond donors (Lipinski definition) is 3. The van der Waals surface area contributed by atoms with Gasteiger partial charge in [-0.15, -0.1) is 0 Å². The van der Waals surface area contributed by atoms with Gasteiger partial charge >= 0.3 is 5.97 Å². The van der Waals surface area contributed by atoms with Gasteiger partial charge in [-0.3, -0.25) is 9.69 Å². The molecular formula is C21H25N3O4. The summed E-state index contributed by atoms with van der Waals surface area (Å²) in [5.74, 6) is -1.22. The van der Waals surface area contributed by atoms with Gasteiger partial charge in [0.15, 0.2) is 0 Å². The lowest BCUT2D eigenvalue weighted by atomic mass is 10.0. The number of likely N-dealkylation sites (tertiary alicyclic amines) is 1. The van der Waals surface area contributed by atoms with Crippen LogP contribution in [0.5, 0.6) is 0 Å². The number of aromatic nitrogens is 1. The molecule has 1 amide bonds. The average molecular weight is 383 g/mol. The molecule has 1 aromatic heterocycles. The van der Waals surface area contributed by atoms with Crippen LogP contribution in [0.15, 0.2) is 42.6 Å². The van der Waals surface area contributed by atoms with Gasteiger partial charge in [0, 0.05) is 30.9 Å². The van der Waals surface area contributed by atoms with E-state index < -0.39 is 5.97 Å². The van der Waals surface area contributed by atoms with Crippen LogP contribution in [0.4, 0.5) is 0 Å². The summed E-state index contributed by atoms with van der Waals surface area (Å²) in [5.41, 5.74) is 2.09. The van der Waals surface area contributed by atoms with Gasteiger partial charge in [-0.2, -0.15) is 0 Å². The van der Waals surface area contributed by atoms with Gasteiger partial charge in [0.05, 0.1) is 6.61 Å². The van der Waals surface area contributed by atoms with Crippen LogP contribution in [0, 0.1) is 0 Å². The standard InChI is InChI=1S/C21H25N3O4/c25-14-18-3-1-2-11-24(18)12-10-23-20(26)16-6-4-15(5-7-16)17-8-9-22-19(13-17)21(27)28/h4-9,13,18,25H,1-3,10-12,14H2,(H,23,26)(H,27,28). The summed E-state index contributed by atoms with van der Waals surface area (Å²) in [4.78, 5) is 29.5. The van der Waals surface area contributed by atoms with Crippen molar-refractivity contribution in [2.75, 3.05) is 26.2 Å². The molecule has 0 spiro atoms.